The van der Waals surface area contributed by atoms with E-state index < -0.39 is 36.3 Å². The van der Waals surface area contributed by atoms with Crippen molar-refractivity contribution in [1.82, 2.24) is 0 Å². The van der Waals surface area contributed by atoms with E-state index in [0.29, 0.717) is 27.6 Å². The van der Waals surface area contributed by atoms with Crippen molar-refractivity contribution in [2.75, 3.05) is 28.7 Å². The average molecular weight is 556 g/mol. The zero-order valence-electron chi connectivity index (χ0n) is 20.2. The number of fused-ring (bicyclic) bond motifs is 1. The Hall–Kier alpha value is -4.08. The fourth-order valence-electron chi connectivity index (χ4n) is 3.88. The molecule has 1 heterocycles. The molecule has 0 bridgehead atoms. The molecule has 2 N–H and O–H groups in total. The van der Waals surface area contributed by atoms with Crippen molar-refractivity contribution in [3.05, 3.63) is 82.3 Å². The van der Waals surface area contributed by atoms with Gasteiger partial charge in [0.15, 0.2) is 6.61 Å². The van der Waals surface area contributed by atoms with E-state index in [0.717, 1.165) is 0 Å². The highest BCUT2D eigenvalue weighted by Gasteiger charge is 2.38. The molecular weight excluding hydrogens is 533 g/mol. The van der Waals surface area contributed by atoms with Crippen LogP contribution in [0.15, 0.2) is 66.7 Å². The van der Waals surface area contributed by atoms with Gasteiger partial charge in [-0.05, 0) is 61.5 Å². The molecule has 0 spiro atoms. The lowest BCUT2D eigenvalue weighted by Crippen LogP contribution is -2.53. The number of benzene rings is 3. The molecule has 0 saturated heterocycles. The van der Waals surface area contributed by atoms with Gasteiger partial charge in [-0.25, -0.2) is 4.79 Å². The van der Waals surface area contributed by atoms with E-state index in [-0.39, 0.29) is 23.8 Å². The molecule has 196 valence electrons. The van der Waals surface area contributed by atoms with Crippen LogP contribution in [0.5, 0.6) is 5.75 Å². The number of ether oxygens (including phenoxy) is 2. The Morgan fingerprint density at radius 2 is 1.76 bits per heavy atom. The molecule has 0 unspecified atom stereocenters. The summed E-state index contributed by atoms with van der Waals surface area (Å²) in [6.45, 7) is 1.52. The largest absolute Gasteiger partial charge is 0.482 e. The highest BCUT2D eigenvalue weighted by molar-refractivity contribution is 6.35. The van der Waals surface area contributed by atoms with E-state index in [4.69, 9.17) is 32.7 Å². The van der Waals surface area contributed by atoms with Crippen LogP contribution >= 0.6 is 23.2 Å². The van der Waals surface area contributed by atoms with Crippen molar-refractivity contribution in [2.45, 2.75) is 19.4 Å². The SMILES string of the molecule is CCOC(=O)c1ccc(NC(=O)C[C@H]2C(=O)Nc3ccccc3N2C(=O)COc2ccc(Cl)cc2Cl)cc1. The van der Waals surface area contributed by atoms with Gasteiger partial charge in [-0.1, -0.05) is 35.3 Å². The molecule has 38 heavy (non-hydrogen) atoms. The van der Waals surface area contributed by atoms with Crippen LogP contribution in [0, 0.1) is 0 Å². The fourth-order valence-corrected chi connectivity index (χ4v) is 4.34. The first-order valence-corrected chi connectivity index (χ1v) is 12.4. The van der Waals surface area contributed by atoms with Crippen molar-refractivity contribution in [1.29, 1.82) is 0 Å². The summed E-state index contributed by atoms with van der Waals surface area (Å²) in [5, 5.41) is 6.08. The normalized spacial score (nSPS) is 14.2. The third kappa shape index (κ3) is 6.24. The monoisotopic (exact) mass is 555 g/mol. The molecule has 3 aromatic carbocycles. The number of hydrogen-bond donors (Lipinski definition) is 2. The van der Waals surface area contributed by atoms with Crippen molar-refractivity contribution >= 4 is 64.0 Å². The minimum Gasteiger partial charge on any atom is -0.482 e. The topological polar surface area (TPSA) is 114 Å². The second-order valence-corrected chi connectivity index (χ2v) is 9.04. The smallest absolute Gasteiger partial charge is 0.338 e. The third-order valence-corrected chi connectivity index (χ3v) is 6.14. The van der Waals surface area contributed by atoms with E-state index in [1.807, 2.05) is 0 Å². The van der Waals surface area contributed by atoms with Gasteiger partial charge in [-0.15, -0.1) is 0 Å². The number of anilines is 3. The summed E-state index contributed by atoms with van der Waals surface area (Å²) in [6, 6.07) is 16.4. The maximum Gasteiger partial charge on any atom is 0.338 e. The summed E-state index contributed by atoms with van der Waals surface area (Å²) in [4.78, 5) is 52.3. The number of nitrogens with zero attached hydrogens (tertiary/aromatic N) is 1. The minimum atomic E-state index is -1.14. The second-order valence-electron chi connectivity index (χ2n) is 8.20. The third-order valence-electron chi connectivity index (χ3n) is 5.61. The van der Waals surface area contributed by atoms with Crippen LogP contribution in [0.1, 0.15) is 23.7 Å². The van der Waals surface area contributed by atoms with E-state index in [1.54, 1.807) is 49.4 Å². The Labute approximate surface area is 228 Å². The van der Waals surface area contributed by atoms with Gasteiger partial charge in [0.25, 0.3) is 5.91 Å². The molecule has 4 rings (SSSR count). The van der Waals surface area contributed by atoms with Crippen molar-refractivity contribution in [3.63, 3.8) is 0 Å². The lowest BCUT2D eigenvalue weighted by Gasteiger charge is -2.36. The van der Waals surface area contributed by atoms with Gasteiger partial charge in [-0.3, -0.25) is 19.3 Å². The number of amides is 3. The molecule has 0 radical (unpaired) electrons. The number of esters is 1. The van der Waals surface area contributed by atoms with Gasteiger partial charge >= 0.3 is 5.97 Å². The predicted octanol–water partition coefficient (Wildman–Crippen LogP) is 4.93. The maximum atomic E-state index is 13.3. The zero-order valence-corrected chi connectivity index (χ0v) is 21.7. The number of hydrogen-bond acceptors (Lipinski definition) is 6. The summed E-state index contributed by atoms with van der Waals surface area (Å²) in [5.74, 6) is -1.80. The molecule has 3 amide bonds. The van der Waals surface area contributed by atoms with E-state index in [9.17, 15) is 19.2 Å². The Bertz CT molecular complexity index is 1380. The molecule has 1 aliphatic heterocycles. The summed E-state index contributed by atoms with van der Waals surface area (Å²) in [6.07, 6.45) is -0.326. The number of para-hydroxylation sites is 2. The summed E-state index contributed by atoms with van der Waals surface area (Å²) >= 11 is 12.1. The molecule has 0 fully saturated rings. The van der Waals surface area contributed by atoms with Crippen LogP contribution in [-0.2, 0) is 19.1 Å². The summed E-state index contributed by atoms with van der Waals surface area (Å²) in [5.41, 5.74) is 1.62. The van der Waals surface area contributed by atoms with Gasteiger partial charge in [0.2, 0.25) is 11.8 Å². The Balaban J connectivity index is 1.50. The van der Waals surface area contributed by atoms with Crippen LogP contribution in [0.4, 0.5) is 17.1 Å². The molecular formula is C27H23Cl2N3O6. The fraction of sp³-hybridized carbons (Fsp3) is 0.185. The lowest BCUT2D eigenvalue weighted by atomic mass is 10.0. The zero-order chi connectivity index (χ0) is 27.2. The molecule has 0 aliphatic carbocycles. The highest BCUT2D eigenvalue weighted by Crippen LogP contribution is 2.34. The average Bonchev–Trinajstić information content (AvgIpc) is 2.89. The summed E-state index contributed by atoms with van der Waals surface area (Å²) < 4.78 is 10.6. The van der Waals surface area contributed by atoms with Gasteiger partial charge < -0.3 is 20.1 Å². The molecule has 1 atom stereocenters. The van der Waals surface area contributed by atoms with Gasteiger partial charge in [0.05, 0.1) is 35.0 Å². The van der Waals surface area contributed by atoms with Gasteiger partial charge in [-0.2, -0.15) is 0 Å². The number of halogens is 2. The maximum absolute atomic E-state index is 13.3. The van der Waals surface area contributed by atoms with E-state index in [1.165, 1.54) is 29.2 Å². The lowest BCUT2D eigenvalue weighted by molar-refractivity contribution is -0.127. The quantitative estimate of drug-likeness (QED) is 0.381. The standard InChI is InChI=1S/C27H23Cl2N3O6/c1-2-37-27(36)16-7-10-18(11-8-16)30-24(33)14-22-26(35)31-20-5-3-4-6-21(20)32(22)25(34)15-38-23-12-9-17(28)13-19(23)29/h3-13,22H,2,14-15H2,1H3,(H,30,33)(H,31,35)/t22-/m0/s1. The number of carbonyl (C=O) groups excluding carboxylic acids is 4. The Morgan fingerprint density at radius 3 is 2.47 bits per heavy atom. The Morgan fingerprint density at radius 1 is 1.03 bits per heavy atom. The predicted molar refractivity (Wildman–Crippen MR) is 144 cm³/mol. The van der Waals surface area contributed by atoms with Crippen molar-refractivity contribution in [3.8, 4) is 5.75 Å². The molecule has 11 heteroatoms. The van der Waals surface area contributed by atoms with Crippen LogP contribution in [0.25, 0.3) is 0 Å². The van der Waals surface area contributed by atoms with Crippen LogP contribution in [0.2, 0.25) is 10.0 Å². The summed E-state index contributed by atoms with van der Waals surface area (Å²) in [7, 11) is 0. The molecule has 1 aliphatic rings. The van der Waals surface area contributed by atoms with Crippen molar-refractivity contribution < 1.29 is 28.7 Å². The van der Waals surface area contributed by atoms with E-state index in [2.05, 4.69) is 10.6 Å². The number of carbonyl (C=O) groups is 4. The van der Waals surface area contributed by atoms with Gasteiger partial charge in [0, 0.05) is 10.7 Å². The molecule has 0 aromatic heterocycles. The first kappa shape index (κ1) is 27.0. The van der Waals surface area contributed by atoms with Crippen LogP contribution in [-0.4, -0.2) is 42.9 Å². The second kappa shape index (κ2) is 12.0. The van der Waals surface area contributed by atoms with E-state index >= 15 is 0 Å². The first-order valence-electron chi connectivity index (χ1n) is 11.6. The molecule has 0 saturated carbocycles. The van der Waals surface area contributed by atoms with Crippen LogP contribution < -0.4 is 20.3 Å². The molecule has 3 aromatic rings. The van der Waals surface area contributed by atoms with Gasteiger partial charge in [0.1, 0.15) is 11.8 Å². The number of nitrogens with one attached hydrogen (secondary N) is 2. The molecule has 9 nitrogen and oxygen atoms in total. The minimum absolute atomic E-state index is 0.229. The Kier molecular flexibility index (Phi) is 8.50. The first-order chi connectivity index (χ1) is 18.3. The number of rotatable bonds is 8. The van der Waals surface area contributed by atoms with Crippen LogP contribution in [0.3, 0.4) is 0 Å². The highest BCUT2D eigenvalue weighted by atomic mass is 35.5. The van der Waals surface area contributed by atoms with Crippen molar-refractivity contribution in [2.24, 2.45) is 0 Å².